The molecule has 4 heteroatoms. The first kappa shape index (κ1) is 13.0. The molecular formula is C13H18BrNO2. The van der Waals surface area contributed by atoms with E-state index in [1.54, 1.807) is 0 Å². The predicted molar refractivity (Wildman–Crippen MR) is 70.1 cm³/mol. The highest BCUT2D eigenvalue weighted by Crippen LogP contribution is 2.25. The molecule has 1 saturated heterocycles. The Kier molecular flexibility index (Phi) is 4.54. The van der Waals surface area contributed by atoms with Gasteiger partial charge in [-0.3, -0.25) is 4.98 Å². The van der Waals surface area contributed by atoms with E-state index < -0.39 is 0 Å². The molecule has 0 spiro atoms. The van der Waals surface area contributed by atoms with Gasteiger partial charge in [-0.05, 0) is 47.8 Å². The second kappa shape index (κ2) is 5.94. The van der Waals surface area contributed by atoms with Gasteiger partial charge in [-0.25, -0.2) is 0 Å². The van der Waals surface area contributed by atoms with Gasteiger partial charge in [0.2, 0.25) is 0 Å². The number of pyridine rings is 1. The molecule has 0 radical (unpaired) electrons. The molecule has 1 unspecified atom stereocenters. The van der Waals surface area contributed by atoms with E-state index >= 15 is 0 Å². The van der Waals surface area contributed by atoms with Gasteiger partial charge in [0.1, 0.15) is 0 Å². The van der Waals surface area contributed by atoms with E-state index in [2.05, 4.69) is 27.0 Å². The number of halogens is 1. The lowest BCUT2D eigenvalue weighted by molar-refractivity contribution is 0.0339. The van der Waals surface area contributed by atoms with E-state index in [0.29, 0.717) is 12.5 Å². The normalized spacial score (nSPS) is 24.2. The fourth-order valence-corrected chi connectivity index (χ4v) is 2.75. The lowest BCUT2D eigenvalue weighted by Crippen LogP contribution is -2.24. The van der Waals surface area contributed by atoms with Crippen LogP contribution in [0.3, 0.4) is 0 Å². The van der Waals surface area contributed by atoms with Crippen LogP contribution in [0.5, 0.6) is 0 Å². The summed E-state index contributed by atoms with van der Waals surface area (Å²) in [5, 5.41) is 0. The van der Waals surface area contributed by atoms with Gasteiger partial charge in [0.15, 0.2) is 0 Å². The summed E-state index contributed by atoms with van der Waals surface area (Å²) >= 11 is 3.57. The summed E-state index contributed by atoms with van der Waals surface area (Å²) in [5.74, 6) is 0.418. The van der Waals surface area contributed by atoms with Gasteiger partial charge in [-0.15, -0.1) is 0 Å². The first-order valence-electron chi connectivity index (χ1n) is 6.01. The molecule has 17 heavy (non-hydrogen) atoms. The number of hydrogen-bond donors (Lipinski definition) is 0. The summed E-state index contributed by atoms with van der Waals surface area (Å²) in [7, 11) is 0. The summed E-state index contributed by atoms with van der Waals surface area (Å²) in [4.78, 5) is 4.48. The van der Waals surface area contributed by atoms with Crippen molar-refractivity contribution in [3.8, 4) is 0 Å². The monoisotopic (exact) mass is 299 g/mol. The molecule has 94 valence electrons. The minimum absolute atomic E-state index is 0.218. The molecular weight excluding hydrogens is 282 g/mol. The van der Waals surface area contributed by atoms with Crippen molar-refractivity contribution in [1.82, 2.24) is 4.98 Å². The second-order valence-corrected chi connectivity index (χ2v) is 5.29. The van der Waals surface area contributed by atoms with E-state index in [0.717, 1.165) is 29.8 Å². The highest BCUT2D eigenvalue weighted by atomic mass is 79.9. The number of rotatable bonds is 4. The molecule has 0 aliphatic carbocycles. The zero-order valence-corrected chi connectivity index (χ0v) is 11.9. The largest absolute Gasteiger partial charge is 0.378 e. The van der Waals surface area contributed by atoms with Crippen molar-refractivity contribution in [2.45, 2.75) is 26.4 Å². The summed E-state index contributed by atoms with van der Waals surface area (Å²) in [5.41, 5.74) is 2.26. The van der Waals surface area contributed by atoms with Gasteiger partial charge in [-0.1, -0.05) is 0 Å². The molecule has 1 aromatic rings. The molecule has 2 atom stereocenters. The topological polar surface area (TPSA) is 31.4 Å². The van der Waals surface area contributed by atoms with Crippen molar-refractivity contribution >= 4 is 15.9 Å². The quantitative estimate of drug-likeness (QED) is 0.857. The maximum atomic E-state index is 5.68. The lowest BCUT2D eigenvalue weighted by atomic mass is 9.99. The van der Waals surface area contributed by atoms with Crippen LogP contribution in [0.15, 0.2) is 16.7 Å². The highest BCUT2D eigenvalue weighted by Gasteiger charge is 2.29. The minimum atomic E-state index is 0.218. The Labute approximate surface area is 111 Å². The summed E-state index contributed by atoms with van der Waals surface area (Å²) in [6, 6.07) is 2.10. The Balaban J connectivity index is 2.04. The summed E-state index contributed by atoms with van der Waals surface area (Å²) < 4.78 is 12.3. The van der Waals surface area contributed by atoms with Gasteiger partial charge in [-0.2, -0.15) is 0 Å². The molecule has 0 saturated carbocycles. The Bertz CT molecular complexity index is 384. The summed E-state index contributed by atoms with van der Waals surface area (Å²) in [6.07, 6.45) is 3.03. The Hall–Kier alpha value is -0.450. The number of aromatic nitrogens is 1. The fraction of sp³-hybridized carbons (Fsp3) is 0.615. The van der Waals surface area contributed by atoms with Crippen molar-refractivity contribution in [2.24, 2.45) is 5.92 Å². The molecule has 0 N–H and O–H groups in total. The van der Waals surface area contributed by atoms with Crippen LogP contribution < -0.4 is 0 Å². The Morgan fingerprint density at radius 2 is 2.35 bits per heavy atom. The molecule has 1 aliphatic heterocycles. The molecule has 3 nitrogen and oxygen atoms in total. The zero-order valence-electron chi connectivity index (χ0n) is 10.3. The molecule has 1 aliphatic rings. The first-order valence-corrected chi connectivity index (χ1v) is 6.80. The van der Waals surface area contributed by atoms with Gasteiger partial charge >= 0.3 is 0 Å². The maximum Gasteiger partial charge on any atom is 0.0862 e. The average molecular weight is 300 g/mol. The van der Waals surface area contributed by atoms with Crippen LogP contribution in [0.2, 0.25) is 0 Å². The third-order valence-electron chi connectivity index (χ3n) is 3.03. The Morgan fingerprint density at radius 3 is 3.06 bits per heavy atom. The second-order valence-electron chi connectivity index (χ2n) is 4.44. The Morgan fingerprint density at radius 1 is 1.53 bits per heavy atom. The van der Waals surface area contributed by atoms with E-state index in [1.165, 1.54) is 5.56 Å². The van der Waals surface area contributed by atoms with Crippen molar-refractivity contribution in [2.75, 3.05) is 19.8 Å². The molecule has 0 bridgehead atoms. The molecule has 1 fully saturated rings. The van der Waals surface area contributed by atoms with Crippen LogP contribution in [0, 0.1) is 12.8 Å². The third-order valence-corrected chi connectivity index (χ3v) is 3.72. The number of hydrogen-bond acceptors (Lipinski definition) is 3. The van der Waals surface area contributed by atoms with Crippen LogP contribution in [0.4, 0.5) is 0 Å². The van der Waals surface area contributed by atoms with E-state index in [9.17, 15) is 0 Å². The van der Waals surface area contributed by atoms with Gasteiger partial charge in [0.25, 0.3) is 0 Å². The van der Waals surface area contributed by atoms with Crippen LogP contribution in [0.1, 0.15) is 18.2 Å². The van der Waals surface area contributed by atoms with Crippen molar-refractivity contribution in [3.63, 3.8) is 0 Å². The summed E-state index contributed by atoms with van der Waals surface area (Å²) in [6.45, 7) is 6.29. The molecule has 0 aromatic carbocycles. The zero-order chi connectivity index (χ0) is 12.3. The number of nitrogens with zero attached hydrogens (tertiary/aromatic N) is 1. The predicted octanol–water partition coefficient (Wildman–Crippen LogP) is 2.75. The van der Waals surface area contributed by atoms with Crippen LogP contribution >= 0.6 is 15.9 Å². The molecule has 2 heterocycles. The number of ether oxygens (including phenoxy) is 2. The standard InChI is InChI=1S/C13H18BrNO2/c1-3-17-13-8-16-7-10(13)5-12-11(14)4-9(2)6-15-12/h4,6,10,13H,3,5,7-8H2,1-2H3/t10?,13-/m0/s1. The highest BCUT2D eigenvalue weighted by molar-refractivity contribution is 9.10. The molecule has 0 amide bonds. The van der Waals surface area contributed by atoms with Crippen molar-refractivity contribution in [1.29, 1.82) is 0 Å². The smallest absolute Gasteiger partial charge is 0.0862 e. The van der Waals surface area contributed by atoms with E-state index in [-0.39, 0.29) is 6.10 Å². The van der Waals surface area contributed by atoms with E-state index in [1.807, 2.05) is 20.0 Å². The van der Waals surface area contributed by atoms with Gasteiger partial charge in [0, 0.05) is 23.2 Å². The fourth-order valence-electron chi connectivity index (χ4n) is 2.13. The maximum absolute atomic E-state index is 5.68. The van der Waals surface area contributed by atoms with E-state index in [4.69, 9.17) is 9.47 Å². The van der Waals surface area contributed by atoms with Crippen LogP contribution in [-0.2, 0) is 15.9 Å². The third kappa shape index (κ3) is 3.27. The SMILES string of the molecule is CCO[C@H]1COCC1Cc1ncc(C)cc1Br. The lowest BCUT2D eigenvalue weighted by Gasteiger charge is -2.17. The average Bonchev–Trinajstić information content (AvgIpc) is 2.71. The number of aryl methyl sites for hydroxylation is 1. The molecule has 2 rings (SSSR count). The first-order chi connectivity index (χ1) is 8.20. The van der Waals surface area contributed by atoms with Gasteiger partial charge in [0.05, 0.1) is 25.0 Å². The molecule has 1 aromatic heterocycles. The van der Waals surface area contributed by atoms with Crippen LogP contribution in [0.25, 0.3) is 0 Å². The van der Waals surface area contributed by atoms with Crippen LogP contribution in [-0.4, -0.2) is 30.9 Å². The van der Waals surface area contributed by atoms with Crippen molar-refractivity contribution in [3.05, 3.63) is 28.0 Å². The van der Waals surface area contributed by atoms with Crippen molar-refractivity contribution < 1.29 is 9.47 Å². The van der Waals surface area contributed by atoms with Gasteiger partial charge < -0.3 is 9.47 Å². The minimum Gasteiger partial charge on any atom is -0.378 e.